The molecule has 3 N–H and O–H groups in total. The lowest BCUT2D eigenvalue weighted by Crippen LogP contribution is -2.22. The lowest BCUT2D eigenvalue weighted by atomic mass is 9.99. The Labute approximate surface area is 99.9 Å². The van der Waals surface area contributed by atoms with Gasteiger partial charge in [-0.05, 0) is 17.7 Å². The first kappa shape index (κ1) is 13.2. The summed E-state index contributed by atoms with van der Waals surface area (Å²) in [5, 5.41) is 2.65. The highest BCUT2D eigenvalue weighted by atomic mass is 16.5. The first-order valence-corrected chi connectivity index (χ1v) is 5.24. The maximum Gasteiger partial charge on any atom is 0.314 e. The minimum atomic E-state index is -0.506. The highest BCUT2D eigenvalue weighted by molar-refractivity contribution is 5.89. The van der Waals surface area contributed by atoms with Gasteiger partial charge in [0.05, 0.1) is 13.0 Å². The molecule has 0 fully saturated rings. The van der Waals surface area contributed by atoms with Crippen LogP contribution >= 0.6 is 0 Å². The molecule has 0 heterocycles. The number of benzene rings is 1. The predicted octanol–water partition coefficient (Wildman–Crippen LogP) is 0.860. The van der Waals surface area contributed by atoms with E-state index in [4.69, 9.17) is 5.73 Å². The number of carbonyl (C=O) groups excluding carboxylic acids is 2. The maximum atomic E-state index is 11.5. The van der Waals surface area contributed by atoms with Gasteiger partial charge in [-0.3, -0.25) is 9.59 Å². The summed E-state index contributed by atoms with van der Waals surface area (Å²) in [6.45, 7) is 1.59. The highest BCUT2D eigenvalue weighted by Crippen LogP contribution is 2.20. The van der Waals surface area contributed by atoms with Crippen LogP contribution in [0.15, 0.2) is 24.3 Å². The van der Waals surface area contributed by atoms with Gasteiger partial charge in [0.15, 0.2) is 0 Å². The van der Waals surface area contributed by atoms with Crippen molar-refractivity contribution in [2.45, 2.75) is 12.8 Å². The lowest BCUT2D eigenvalue weighted by Gasteiger charge is -2.13. The number of ether oxygens (including phenoxy) is 1. The summed E-state index contributed by atoms with van der Waals surface area (Å²) in [4.78, 5) is 22.4. The van der Waals surface area contributed by atoms with Crippen LogP contribution in [0.25, 0.3) is 0 Å². The van der Waals surface area contributed by atoms with Crippen LogP contribution in [0.1, 0.15) is 18.4 Å². The molecule has 0 aromatic heterocycles. The van der Waals surface area contributed by atoms with Gasteiger partial charge >= 0.3 is 5.97 Å². The molecule has 0 saturated carbocycles. The number of esters is 1. The van der Waals surface area contributed by atoms with Crippen molar-refractivity contribution in [2.75, 3.05) is 19.0 Å². The Hall–Kier alpha value is -1.88. The van der Waals surface area contributed by atoms with Gasteiger partial charge in [0.25, 0.3) is 0 Å². The number of hydrogen-bond acceptors (Lipinski definition) is 4. The number of nitrogens with one attached hydrogen (secondary N) is 1. The molecule has 5 nitrogen and oxygen atoms in total. The van der Waals surface area contributed by atoms with Crippen LogP contribution < -0.4 is 11.1 Å². The third-order valence-electron chi connectivity index (χ3n) is 2.33. The average Bonchev–Trinajstić information content (AvgIpc) is 2.29. The molecule has 0 bridgehead atoms. The lowest BCUT2D eigenvalue weighted by molar-refractivity contribution is -0.142. The monoisotopic (exact) mass is 236 g/mol. The van der Waals surface area contributed by atoms with Gasteiger partial charge in [0.2, 0.25) is 5.91 Å². The first-order chi connectivity index (χ1) is 8.08. The second kappa shape index (κ2) is 6.00. The molecule has 0 aliphatic heterocycles. The Morgan fingerprint density at radius 1 is 1.47 bits per heavy atom. The summed E-state index contributed by atoms with van der Waals surface area (Å²) in [7, 11) is 1.32. The van der Waals surface area contributed by atoms with Crippen LogP contribution in [0.5, 0.6) is 0 Å². The van der Waals surface area contributed by atoms with Gasteiger partial charge in [0, 0.05) is 19.2 Å². The predicted molar refractivity (Wildman–Crippen MR) is 64.6 cm³/mol. The van der Waals surface area contributed by atoms with Crippen molar-refractivity contribution in [3.63, 3.8) is 0 Å². The van der Waals surface area contributed by atoms with Crippen LogP contribution in [0, 0.1) is 0 Å². The van der Waals surface area contributed by atoms with Crippen molar-refractivity contribution in [2.24, 2.45) is 5.73 Å². The molecule has 5 heteroatoms. The fourth-order valence-electron chi connectivity index (χ4n) is 1.55. The van der Waals surface area contributed by atoms with Gasteiger partial charge in [-0.1, -0.05) is 12.1 Å². The van der Waals surface area contributed by atoms with Crippen LogP contribution in [0.3, 0.4) is 0 Å². The number of carbonyl (C=O) groups is 2. The van der Waals surface area contributed by atoms with Crippen molar-refractivity contribution in [1.29, 1.82) is 0 Å². The maximum absolute atomic E-state index is 11.5. The van der Waals surface area contributed by atoms with E-state index in [1.54, 1.807) is 24.3 Å². The van der Waals surface area contributed by atoms with Crippen molar-refractivity contribution in [1.82, 2.24) is 0 Å². The molecule has 0 radical (unpaired) electrons. The summed E-state index contributed by atoms with van der Waals surface area (Å²) in [6, 6.07) is 7.00. The first-order valence-electron chi connectivity index (χ1n) is 5.24. The quantitative estimate of drug-likeness (QED) is 0.760. The van der Waals surface area contributed by atoms with E-state index in [9.17, 15) is 9.59 Å². The van der Waals surface area contributed by atoms with E-state index >= 15 is 0 Å². The molecule has 1 atom stereocenters. The third-order valence-corrected chi connectivity index (χ3v) is 2.33. The van der Waals surface area contributed by atoms with Crippen LogP contribution in [-0.2, 0) is 14.3 Å². The van der Waals surface area contributed by atoms with E-state index in [1.165, 1.54) is 14.0 Å². The van der Waals surface area contributed by atoms with E-state index in [-0.39, 0.29) is 18.4 Å². The van der Waals surface area contributed by atoms with Crippen LogP contribution in [0.2, 0.25) is 0 Å². The van der Waals surface area contributed by atoms with Crippen LogP contribution in [-0.4, -0.2) is 25.5 Å². The Morgan fingerprint density at radius 2 is 2.18 bits per heavy atom. The number of rotatable bonds is 4. The molecule has 1 rings (SSSR count). The summed E-state index contributed by atoms with van der Waals surface area (Å²) in [5.74, 6) is -1.05. The smallest absolute Gasteiger partial charge is 0.314 e. The second-order valence-electron chi connectivity index (χ2n) is 3.62. The Morgan fingerprint density at radius 3 is 2.71 bits per heavy atom. The van der Waals surface area contributed by atoms with Gasteiger partial charge < -0.3 is 15.8 Å². The van der Waals surface area contributed by atoms with Crippen molar-refractivity contribution < 1.29 is 14.3 Å². The molecular weight excluding hydrogens is 220 g/mol. The fraction of sp³-hybridized carbons (Fsp3) is 0.333. The largest absolute Gasteiger partial charge is 0.469 e. The normalized spacial score (nSPS) is 11.7. The summed E-state index contributed by atoms with van der Waals surface area (Å²) in [6.07, 6.45) is 0. The number of methoxy groups -OCH3 is 1. The van der Waals surface area contributed by atoms with E-state index in [0.29, 0.717) is 5.69 Å². The van der Waals surface area contributed by atoms with Crippen molar-refractivity contribution in [3.05, 3.63) is 29.8 Å². The minimum absolute atomic E-state index is 0.162. The molecule has 17 heavy (non-hydrogen) atoms. The van der Waals surface area contributed by atoms with Crippen molar-refractivity contribution in [3.8, 4) is 0 Å². The molecule has 1 amide bonds. The van der Waals surface area contributed by atoms with E-state index in [1.807, 2.05) is 0 Å². The third kappa shape index (κ3) is 3.57. The molecular formula is C12H16N2O3. The number of amides is 1. The second-order valence-corrected chi connectivity index (χ2v) is 3.62. The summed E-state index contributed by atoms with van der Waals surface area (Å²) in [5.41, 5.74) is 6.91. The molecule has 1 aromatic carbocycles. The molecule has 92 valence electrons. The number of hydrogen-bond donors (Lipinski definition) is 2. The van der Waals surface area contributed by atoms with Gasteiger partial charge in [-0.2, -0.15) is 0 Å². The molecule has 1 unspecified atom stereocenters. The number of nitrogens with two attached hydrogens (primary N) is 1. The zero-order valence-electron chi connectivity index (χ0n) is 9.90. The highest BCUT2D eigenvalue weighted by Gasteiger charge is 2.19. The Kier molecular flexibility index (Phi) is 4.66. The molecule has 0 spiro atoms. The standard InChI is InChI=1S/C12H16N2O3/c1-8(15)14-10-5-3-4-9(6-10)11(7-13)12(16)17-2/h3-6,11H,7,13H2,1-2H3,(H,14,15). The molecule has 0 aliphatic rings. The minimum Gasteiger partial charge on any atom is -0.469 e. The summed E-state index contributed by atoms with van der Waals surface area (Å²) >= 11 is 0. The van der Waals surface area contributed by atoms with Gasteiger partial charge in [-0.15, -0.1) is 0 Å². The topological polar surface area (TPSA) is 81.4 Å². The Balaban J connectivity index is 2.96. The van der Waals surface area contributed by atoms with E-state index in [2.05, 4.69) is 10.1 Å². The zero-order chi connectivity index (χ0) is 12.8. The van der Waals surface area contributed by atoms with E-state index < -0.39 is 5.92 Å². The van der Waals surface area contributed by atoms with Crippen LogP contribution in [0.4, 0.5) is 5.69 Å². The molecule has 0 aliphatic carbocycles. The average molecular weight is 236 g/mol. The molecule has 1 aromatic rings. The zero-order valence-corrected chi connectivity index (χ0v) is 9.90. The molecule has 0 saturated heterocycles. The van der Waals surface area contributed by atoms with Gasteiger partial charge in [0.1, 0.15) is 0 Å². The summed E-state index contributed by atoms with van der Waals surface area (Å²) < 4.78 is 4.67. The van der Waals surface area contributed by atoms with E-state index in [0.717, 1.165) is 5.56 Å². The Bertz CT molecular complexity index is 418. The fourth-order valence-corrected chi connectivity index (χ4v) is 1.55. The van der Waals surface area contributed by atoms with Crippen molar-refractivity contribution >= 4 is 17.6 Å². The van der Waals surface area contributed by atoms with Gasteiger partial charge in [-0.25, -0.2) is 0 Å². The number of anilines is 1. The SMILES string of the molecule is COC(=O)C(CN)c1cccc(NC(C)=O)c1.